The molecule has 0 bridgehead atoms. The molecule has 1 aromatic heterocycles. The number of aliphatic hydroxyl groups is 1. The summed E-state index contributed by atoms with van der Waals surface area (Å²) in [4.78, 5) is 4.47. The van der Waals surface area contributed by atoms with Crippen molar-refractivity contribution < 1.29 is 23.0 Å². The summed E-state index contributed by atoms with van der Waals surface area (Å²) in [7, 11) is 0. The van der Waals surface area contributed by atoms with Crippen molar-refractivity contribution in [3.8, 4) is 0 Å². The molecule has 1 aromatic carbocycles. The van der Waals surface area contributed by atoms with Crippen LogP contribution in [0.2, 0.25) is 0 Å². The van der Waals surface area contributed by atoms with Crippen LogP contribution in [0.3, 0.4) is 0 Å². The van der Waals surface area contributed by atoms with Crippen LogP contribution in [-0.4, -0.2) is 34.4 Å². The molecule has 1 fully saturated rings. The molecule has 2 atom stereocenters. The Kier molecular flexibility index (Phi) is 7.43. The van der Waals surface area contributed by atoms with Gasteiger partial charge in [-0.15, -0.1) is 0 Å². The summed E-state index contributed by atoms with van der Waals surface area (Å²) in [6, 6.07) is 2.74. The van der Waals surface area contributed by atoms with Crippen LogP contribution < -0.4 is 10.6 Å². The Balaban J connectivity index is 1.71. The highest BCUT2D eigenvalue weighted by Gasteiger charge is 2.49. The molecule has 1 aliphatic carbocycles. The second kappa shape index (κ2) is 9.66. The molecular formula is C26H37F2N3O3. The Hall–Kier alpha value is -2.45. The second-order valence-electron chi connectivity index (χ2n) is 11.2. The van der Waals surface area contributed by atoms with E-state index >= 15 is 0 Å². The lowest BCUT2D eigenvalue weighted by atomic mass is 9.94. The average molecular weight is 478 g/mol. The molecule has 1 aliphatic rings. The van der Waals surface area contributed by atoms with Gasteiger partial charge in [0.15, 0.2) is 5.88 Å². The zero-order chi connectivity index (χ0) is 25.3. The quantitative estimate of drug-likeness (QED) is 0.432. The molecule has 3 N–H and O–H groups in total. The number of halogens is 2. The fourth-order valence-electron chi connectivity index (χ4n) is 3.75. The maximum atomic E-state index is 13.8. The van der Waals surface area contributed by atoms with Crippen molar-refractivity contribution in [2.24, 2.45) is 0 Å². The van der Waals surface area contributed by atoms with Crippen molar-refractivity contribution >= 4 is 0 Å². The average Bonchev–Trinajstić information content (AvgIpc) is 3.27. The number of hydrogen-bond acceptors (Lipinski definition) is 6. The molecule has 34 heavy (non-hydrogen) atoms. The maximum Gasteiger partial charge on any atom is 0.214 e. The Bertz CT molecular complexity index is 983. The SMILES string of the molecule is C=C(NC(Cc1cc(F)cc(F)c1)C(O)CNC1(c2ncc(C(C)(C)C)o2)CC1)OC(C)(C)C. The number of hydrogen-bond donors (Lipinski definition) is 3. The van der Waals surface area contributed by atoms with E-state index in [0.29, 0.717) is 11.5 Å². The predicted octanol–water partition coefficient (Wildman–Crippen LogP) is 4.68. The monoisotopic (exact) mass is 477 g/mol. The molecule has 2 unspecified atom stereocenters. The standard InChI is InChI=1S/C26H37F2N3O3/c1-16(34-25(5,6)7)31-20(12-17-10-18(27)13-19(28)11-17)21(32)14-30-26(8-9-26)23-29-15-22(33-23)24(2,3)4/h10-11,13,15,20-21,30-32H,1,8-9,12,14H2,2-7H3. The number of oxazole rings is 1. The molecule has 3 rings (SSSR count). The van der Waals surface area contributed by atoms with Crippen molar-refractivity contribution in [1.29, 1.82) is 0 Å². The normalized spacial score (nSPS) is 17.2. The summed E-state index contributed by atoms with van der Waals surface area (Å²) in [6.07, 6.45) is 2.70. The van der Waals surface area contributed by atoms with Gasteiger partial charge in [-0.2, -0.15) is 0 Å². The van der Waals surface area contributed by atoms with Crippen LogP contribution in [0, 0.1) is 11.6 Å². The third-order valence-corrected chi connectivity index (χ3v) is 5.67. The van der Waals surface area contributed by atoms with Gasteiger partial charge in [0, 0.05) is 18.0 Å². The van der Waals surface area contributed by atoms with Gasteiger partial charge in [0.1, 0.15) is 23.0 Å². The summed E-state index contributed by atoms with van der Waals surface area (Å²) in [5.74, 6) is 0.363. The minimum atomic E-state index is -0.916. The highest BCUT2D eigenvalue weighted by Crippen LogP contribution is 2.45. The molecule has 0 aliphatic heterocycles. The van der Waals surface area contributed by atoms with E-state index in [1.807, 2.05) is 20.8 Å². The zero-order valence-corrected chi connectivity index (χ0v) is 21.0. The molecule has 0 saturated heterocycles. The molecule has 8 heteroatoms. The van der Waals surface area contributed by atoms with E-state index in [1.165, 1.54) is 12.1 Å². The fourth-order valence-corrected chi connectivity index (χ4v) is 3.75. The van der Waals surface area contributed by atoms with E-state index in [9.17, 15) is 13.9 Å². The van der Waals surface area contributed by atoms with Gasteiger partial charge < -0.3 is 24.9 Å². The van der Waals surface area contributed by atoms with Gasteiger partial charge in [0.25, 0.3) is 0 Å². The van der Waals surface area contributed by atoms with Crippen molar-refractivity contribution in [2.45, 2.75) is 89.5 Å². The molecule has 0 spiro atoms. The maximum absolute atomic E-state index is 13.8. The van der Waals surface area contributed by atoms with E-state index in [0.717, 1.165) is 24.7 Å². The van der Waals surface area contributed by atoms with Gasteiger partial charge in [-0.05, 0) is 64.3 Å². The van der Waals surface area contributed by atoms with Crippen LogP contribution in [-0.2, 0) is 22.1 Å². The number of aliphatic hydroxyl groups excluding tert-OH is 1. The minimum absolute atomic E-state index is 0.149. The minimum Gasteiger partial charge on any atom is -0.474 e. The van der Waals surface area contributed by atoms with Crippen molar-refractivity contribution in [3.63, 3.8) is 0 Å². The number of benzene rings is 1. The third-order valence-electron chi connectivity index (χ3n) is 5.67. The number of ether oxygens (including phenoxy) is 1. The van der Waals surface area contributed by atoms with E-state index in [2.05, 4.69) is 43.0 Å². The lowest BCUT2D eigenvalue weighted by Crippen LogP contribution is -2.48. The highest BCUT2D eigenvalue weighted by molar-refractivity contribution is 5.20. The topological polar surface area (TPSA) is 79.5 Å². The number of nitrogens with one attached hydrogen (secondary N) is 2. The van der Waals surface area contributed by atoms with Gasteiger partial charge in [-0.1, -0.05) is 20.8 Å². The first-order valence-corrected chi connectivity index (χ1v) is 11.7. The molecule has 6 nitrogen and oxygen atoms in total. The first-order chi connectivity index (χ1) is 15.7. The first-order valence-electron chi connectivity index (χ1n) is 11.7. The smallest absolute Gasteiger partial charge is 0.214 e. The summed E-state index contributed by atoms with van der Waals surface area (Å²) in [5.41, 5.74) is -0.639. The second-order valence-corrected chi connectivity index (χ2v) is 11.2. The van der Waals surface area contributed by atoms with Crippen molar-refractivity contribution in [3.05, 3.63) is 65.7 Å². The molecule has 0 amide bonds. The third kappa shape index (κ3) is 7.03. The summed E-state index contributed by atoms with van der Waals surface area (Å²) >= 11 is 0. The van der Waals surface area contributed by atoms with Crippen LogP contribution in [0.4, 0.5) is 8.78 Å². The first kappa shape index (κ1) is 26.2. The Morgan fingerprint density at radius 3 is 2.29 bits per heavy atom. The number of nitrogens with zero attached hydrogens (tertiary/aromatic N) is 1. The van der Waals surface area contributed by atoms with Crippen molar-refractivity contribution in [1.82, 2.24) is 15.6 Å². The molecule has 0 radical (unpaired) electrons. The van der Waals surface area contributed by atoms with E-state index in [1.54, 1.807) is 6.20 Å². The van der Waals surface area contributed by atoms with Crippen LogP contribution in [0.5, 0.6) is 0 Å². The van der Waals surface area contributed by atoms with Crippen LogP contribution in [0.15, 0.2) is 41.3 Å². The van der Waals surface area contributed by atoms with E-state index in [-0.39, 0.29) is 24.3 Å². The predicted molar refractivity (Wildman–Crippen MR) is 127 cm³/mol. The molecule has 2 aromatic rings. The highest BCUT2D eigenvalue weighted by atomic mass is 19.1. The van der Waals surface area contributed by atoms with Crippen LogP contribution in [0.1, 0.15) is 71.6 Å². The molecule has 188 valence electrons. The molecule has 1 saturated carbocycles. The largest absolute Gasteiger partial charge is 0.474 e. The Morgan fingerprint density at radius 1 is 1.18 bits per heavy atom. The van der Waals surface area contributed by atoms with Crippen molar-refractivity contribution in [2.75, 3.05) is 6.54 Å². The van der Waals surface area contributed by atoms with Gasteiger partial charge in [0.2, 0.25) is 5.89 Å². The van der Waals surface area contributed by atoms with Crippen LogP contribution in [0.25, 0.3) is 0 Å². The Labute approximate surface area is 200 Å². The van der Waals surface area contributed by atoms with E-state index in [4.69, 9.17) is 9.15 Å². The van der Waals surface area contributed by atoms with E-state index < -0.39 is 34.9 Å². The number of rotatable bonds is 10. The fraction of sp³-hybridized carbons (Fsp3) is 0.577. The lowest BCUT2D eigenvalue weighted by molar-refractivity contribution is 0.0283. The molecule has 1 heterocycles. The molecular weight excluding hydrogens is 440 g/mol. The summed E-state index contributed by atoms with van der Waals surface area (Å²) < 4.78 is 39.3. The van der Waals surface area contributed by atoms with Gasteiger partial charge in [-0.3, -0.25) is 0 Å². The summed E-state index contributed by atoms with van der Waals surface area (Å²) in [6.45, 7) is 15.9. The zero-order valence-electron chi connectivity index (χ0n) is 21.0. The van der Waals surface area contributed by atoms with Gasteiger partial charge >= 0.3 is 0 Å². The van der Waals surface area contributed by atoms with Gasteiger partial charge in [-0.25, -0.2) is 13.8 Å². The summed E-state index contributed by atoms with van der Waals surface area (Å²) in [5, 5.41) is 17.6. The lowest BCUT2D eigenvalue weighted by Gasteiger charge is -2.30. The number of aromatic nitrogens is 1. The Morgan fingerprint density at radius 2 is 1.79 bits per heavy atom. The van der Waals surface area contributed by atoms with Crippen LogP contribution >= 0.6 is 0 Å². The van der Waals surface area contributed by atoms with Gasteiger partial charge in [0.05, 0.1) is 23.9 Å².